The number of aromatic hydroxyl groups is 3. The van der Waals surface area contributed by atoms with Crippen molar-refractivity contribution in [1.82, 2.24) is 0 Å². The van der Waals surface area contributed by atoms with Gasteiger partial charge in [-0.1, -0.05) is 25.5 Å². The largest absolute Gasteiger partial charge is 0.508 e. The topological polar surface area (TPSA) is 60.7 Å². The average Bonchev–Trinajstić information content (AvgIpc) is 2.09. The lowest BCUT2D eigenvalue weighted by atomic mass is 10.1. The van der Waals surface area contributed by atoms with Gasteiger partial charge in [-0.3, -0.25) is 0 Å². The van der Waals surface area contributed by atoms with Crippen LogP contribution < -0.4 is 0 Å². The van der Waals surface area contributed by atoms with Crippen LogP contribution in [0, 0.1) is 0 Å². The Bertz CT molecular complexity index is 319. The van der Waals surface area contributed by atoms with E-state index in [1.165, 1.54) is 12.1 Å². The van der Waals surface area contributed by atoms with Crippen LogP contribution in [-0.4, -0.2) is 15.3 Å². The number of phenols is 3. The van der Waals surface area contributed by atoms with E-state index >= 15 is 0 Å². The van der Waals surface area contributed by atoms with Gasteiger partial charge in [-0.15, -0.1) is 0 Å². The van der Waals surface area contributed by atoms with Gasteiger partial charge >= 0.3 is 0 Å². The molecule has 1 aromatic carbocycles. The summed E-state index contributed by atoms with van der Waals surface area (Å²) < 4.78 is 0. The van der Waals surface area contributed by atoms with Crippen molar-refractivity contribution < 1.29 is 15.3 Å². The normalized spacial score (nSPS) is 10.9. The number of phenolic OH excluding ortho intramolecular Hbond substituents is 3. The maximum absolute atomic E-state index is 9.40. The highest BCUT2D eigenvalue weighted by molar-refractivity contribution is 5.65. The van der Waals surface area contributed by atoms with Crippen LogP contribution in [0.1, 0.15) is 25.3 Å². The van der Waals surface area contributed by atoms with E-state index in [0.717, 1.165) is 12.8 Å². The van der Waals surface area contributed by atoms with E-state index in [4.69, 9.17) is 5.11 Å². The summed E-state index contributed by atoms with van der Waals surface area (Å²) in [6.07, 6.45) is 5.41. The second kappa shape index (κ2) is 4.56. The van der Waals surface area contributed by atoms with E-state index < -0.39 is 0 Å². The van der Waals surface area contributed by atoms with E-state index in [-0.39, 0.29) is 17.2 Å². The molecule has 0 saturated heterocycles. The van der Waals surface area contributed by atoms with E-state index in [2.05, 4.69) is 0 Å². The van der Waals surface area contributed by atoms with Gasteiger partial charge in [0.25, 0.3) is 0 Å². The molecular weight excluding hydrogens is 180 g/mol. The Morgan fingerprint density at radius 3 is 2.21 bits per heavy atom. The molecule has 0 aliphatic carbocycles. The lowest BCUT2D eigenvalue weighted by molar-refractivity contribution is 0.426. The summed E-state index contributed by atoms with van der Waals surface area (Å²) in [6.45, 7) is 2.04. The number of allylic oxidation sites excluding steroid dienone is 1. The third-order valence-corrected chi connectivity index (χ3v) is 1.86. The second-order valence-electron chi connectivity index (χ2n) is 3.09. The van der Waals surface area contributed by atoms with Crippen LogP contribution in [0.15, 0.2) is 18.2 Å². The summed E-state index contributed by atoms with van der Waals surface area (Å²) in [4.78, 5) is 0. The Balaban J connectivity index is 2.96. The van der Waals surface area contributed by atoms with Crippen LogP contribution in [0.2, 0.25) is 0 Å². The minimum Gasteiger partial charge on any atom is -0.508 e. The van der Waals surface area contributed by atoms with Crippen molar-refractivity contribution in [3.63, 3.8) is 0 Å². The monoisotopic (exact) mass is 194 g/mol. The lowest BCUT2D eigenvalue weighted by Gasteiger charge is -2.03. The lowest BCUT2D eigenvalue weighted by Crippen LogP contribution is -1.77. The number of benzene rings is 1. The Kier molecular flexibility index (Phi) is 3.40. The molecule has 76 valence electrons. The van der Waals surface area contributed by atoms with Crippen molar-refractivity contribution in [2.45, 2.75) is 19.8 Å². The van der Waals surface area contributed by atoms with Gasteiger partial charge in [-0.2, -0.15) is 0 Å². The second-order valence-corrected chi connectivity index (χ2v) is 3.09. The summed E-state index contributed by atoms with van der Waals surface area (Å²) in [5.74, 6) is -0.377. The fourth-order valence-electron chi connectivity index (χ4n) is 1.15. The Hall–Kier alpha value is -1.64. The Morgan fingerprint density at radius 2 is 1.71 bits per heavy atom. The smallest absolute Gasteiger partial charge is 0.130 e. The highest BCUT2D eigenvalue weighted by Crippen LogP contribution is 2.32. The molecule has 1 aromatic rings. The molecule has 0 radical (unpaired) electrons. The molecule has 14 heavy (non-hydrogen) atoms. The first kappa shape index (κ1) is 10.4. The molecule has 3 N–H and O–H groups in total. The maximum Gasteiger partial charge on any atom is 0.130 e. The number of hydrogen-bond donors (Lipinski definition) is 3. The first-order chi connectivity index (χ1) is 6.65. The minimum absolute atomic E-state index is 0.116. The van der Waals surface area contributed by atoms with Crippen LogP contribution >= 0.6 is 0 Å². The van der Waals surface area contributed by atoms with Gasteiger partial charge in [0, 0.05) is 12.1 Å². The summed E-state index contributed by atoms with van der Waals surface area (Å²) in [5.41, 5.74) is 0.344. The fraction of sp³-hybridized carbons (Fsp3) is 0.273. The predicted molar refractivity (Wildman–Crippen MR) is 55.4 cm³/mol. The minimum atomic E-state index is -0.146. The molecular formula is C11H14O3. The first-order valence-electron chi connectivity index (χ1n) is 4.56. The highest BCUT2D eigenvalue weighted by Gasteiger charge is 2.05. The van der Waals surface area contributed by atoms with Gasteiger partial charge in [0.15, 0.2) is 0 Å². The summed E-state index contributed by atoms with van der Waals surface area (Å²) in [6, 6.07) is 2.40. The average molecular weight is 194 g/mol. The molecule has 3 nitrogen and oxygen atoms in total. The zero-order valence-electron chi connectivity index (χ0n) is 8.07. The van der Waals surface area contributed by atoms with Crippen molar-refractivity contribution in [2.24, 2.45) is 0 Å². The molecule has 0 aliphatic heterocycles. The molecule has 0 saturated carbocycles. The molecule has 0 fully saturated rings. The predicted octanol–water partition coefficient (Wildman–Crippen LogP) is 2.62. The van der Waals surface area contributed by atoms with Crippen LogP contribution in [-0.2, 0) is 0 Å². The summed E-state index contributed by atoms with van der Waals surface area (Å²) >= 11 is 0. The van der Waals surface area contributed by atoms with Crippen LogP contribution in [0.25, 0.3) is 6.08 Å². The molecule has 1 rings (SSSR count). The van der Waals surface area contributed by atoms with Crippen molar-refractivity contribution in [3.05, 3.63) is 23.8 Å². The molecule has 0 aliphatic rings. The molecule has 0 spiro atoms. The maximum atomic E-state index is 9.40. The zero-order chi connectivity index (χ0) is 10.6. The molecule has 0 heterocycles. The molecule has 0 aromatic heterocycles. The highest BCUT2D eigenvalue weighted by atomic mass is 16.3. The van der Waals surface area contributed by atoms with Gasteiger partial charge in [-0.05, 0) is 6.42 Å². The number of rotatable bonds is 3. The quantitative estimate of drug-likeness (QED) is 0.693. The third-order valence-electron chi connectivity index (χ3n) is 1.86. The van der Waals surface area contributed by atoms with E-state index in [1.54, 1.807) is 6.08 Å². The molecule has 0 amide bonds. The molecule has 0 bridgehead atoms. The summed E-state index contributed by atoms with van der Waals surface area (Å²) in [5, 5.41) is 27.8. The van der Waals surface area contributed by atoms with Crippen molar-refractivity contribution >= 4 is 6.08 Å². The summed E-state index contributed by atoms with van der Waals surface area (Å²) in [7, 11) is 0. The van der Waals surface area contributed by atoms with E-state index in [1.807, 2.05) is 13.0 Å². The first-order valence-corrected chi connectivity index (χ1v) is 4.56. The molecule has 0 unspecified atom stereocenters. The van der Waals surface area contributed by atoms with Crippen molar-refractivity contribution in [1.29, 1.82) is 0 Å². The van der Waals surface area contributed by atoms with Crippen molar-refractivity contribution in [2.75, 3.05) is 0 Å². The molecule has 0 atom stereocenters. The van der Waals surface area contributed by atoms with Crippen LogP contribution in [0.3, 0.4) is 0 Å². The number of hydrogen-bond acceptors (Lipinski definition) is 3. The van der Waals surface area contributed by atoms with Gasteiger partial charge in [0.1, 0.15) is 17.2 Å². The van der Waals surface area contributed by atoms with Gasteiger partial charge in [-0.25, -0.2) is 0 Å². The Morgan fingerprint density at radius 1 is 1.14 bits per heavy atom. The van der Waals surface area contributed by atoms with E-state index in [0.29, 0.717) is 5.56 Å². The zero-order valence-corrected chi connectivity index (χ0v) is 8.07. The Labute approximate surface area is 82.9 Å². The van der Waals surface area contributed by atoms with Crippen LogP contribution in [0.5, 0.6) is 17.2 Å². The fourth-order valence-corrected chi connectivity index (χ4v) is 1.15. The van der Waals surface area contributed by atoms with Crippen LogP contribution in [0.4, 0.5) is 0 Å². The van der Waals surface area contributed by atoms with Gasteiger partial charge in [0.2, 0.25) is 0 Å². The van der Waals surface area contributed by atoms with Crippen molar-refractivity contribution in [3.8, 4) is 17.2 Å². The third kappa shape index (κ3) is 2.42. The standard InChI is InChI=1S/C11H14O3/c1-2-3-4-5-9-10(13)6-8(12)7-11(9)14/h4-7,12-14H,2-3H2,1H3. The van der Waals surface area contributed by atoms with Gasteiger partial charge in [0.05, 0.1) is 5.56 Å². The SMILES string of the molecule is CCCC=Cc1c(O)cc(O)cc1O. The van der Waals surface area contributed by atoms with Gasteiger partial charge < -0.3 is 15.3 Å². The van der Waals surface area contributed by atoms with E-state index in [9.17, 15) is 10.2 Å². The molecule has 3 heteroatoms. The number of unbranched alkanes of at least 4 members (excludes halogenated alkanes) is 1.